The normalized spacial score (nSPS) is 29.9. The van der Waals surface area contributed by atoms with Gasteiger partial charge in [0.05, 0.1) is 0 Å². The summed E-state index contributed by atoms with van der Waals surface area (Å²) in [6, 6.07) is 0. The quantitative estimate of drug-likeness (QED) is 0.634. The van der Waals surface area contributed by atoms with Gasteiger partial charge in [0.1, 0.15) is 0 Å². The van der Waals surface area contributed by atoms with Gasteiger partial charge < -0.3 is 15.0 Å². The van der Waals surface area contributed by atoms with Crippen LogP contribution in [0.4, 0.5) is 0 Å². The second-order valence-electron chi connectivity index (χ2n) is 8.46. The minimum Gasteiger partial charge on any atom is -0.381 e. The first-order valence-corrected chi connectivity index (χ1v) is 10.0. The van der Waals surface area contributed by atoms with E-state index in [0.717, 1.165) is 38.6 Å². The molecule has 0 bridgehead atoms. The van der Waals surface area contributed by atoms with E-state index in [4.69, 9.17) is 4.74 Å². The maximum atomic E-state index is 5.67. The summed E-state index contributed by atoms with van der Waals surface area (Å²) in [4.78, 5) is 9.86. The monoisotopic (exact) mass is 334 g/mol. The van der Waals surface area contributed by atoms with Crippen molar-refractivity contribution in [2.75, 3.05) is 53.0 Å². The largest absolute Gasteiger partial charge is 0.381 e. The summed E-state index contributed by atoms with van der Waals surface area (Å²) in [5.41, 5.74) is 0.904. The van der Waals surface area contributed by atoms with Gasteiger partial charge in [-0.2, -0.15) is 0 Å². The standard InChI is InChI=1S/C19H34N4O/c1-20-17(22-12-7-18(16-22)5-4-6-18)21-15-19(8-13-24-14-9-19)23-10-2-3-11-23/h2-16H2,1H3,(H,20,21). The van der Waals surface area contributed by atoms with Crippen LogP contribution in [-0.4, -0.2) is 74.3 Å². The van der Waals surface area contributed by atoms with Crippen molar-refractivity contribution in [2.45, 2.75) is 56.9 Å². The Kier molecular flexibility index (Phi) is 4.74. The molecule has 5 heteroatoms. The van der Waals surface area contributed by atoms with Gasteiger partial charge in [0, 0.05) is 45.4 Å². The predicted octanol–water partition coefficient (Wildman–Crippen LogP) is 2.08. The molecule has 0 unspecified atom stereocenters. The molecule has 0 atom stereocenters. The molecule has 1 saturated carbocycles. The Bertz CT molecular complexity index is 462. The second-order valence-corrected chi connectivity index (χ2v) is 8.46. The first kappa shape index (κ1) is 16.6. The first-order chi connectivity index (χ1) is 11.8. The molecule has 1 spiro atoms. The minimum absolute atomic E-state index is 0.276. The van der Waals surface area contributed by atoms with E-state index >= 15 is 0 Å². The van der Waals surface area contributed by atoms with Gasteiger partial charge in [-0.3, -0.25) is 9.89 Å². The molecule has 3 heterocycles. The molecule has 5 nitrogen and oxygen atoms in total. The Balaban J connectivity index is 1.39. The Hall–Kier alpha value is -0.810. The Morgan fingerprint density at radius 1 is 1.00 bits per heavy atom. The van der Waals surface area contributed by atoms with Crippen molar-refractivity contribution in [3.63, 3.8) is 0 Å². The van der Waals surface area contributed by atoms with E-state index in [1.165, 1.54) is 64.7 Å². The van der Waals surface area contributed by atoms with Crippen LogP contribution < -0.4 is 5.32 Å². The van der Waals surface area contributed by atoms with Crippen molar-refractivity contribution >= 4 is 5.96 Å². The van der Waals surface area contributed by atoms with Crippen molar-refractivity contribution in [1.82, 2.24) is 15.1 Å². The molecule has 0 radical (unpaired) electrons. The van der Waals surface area contributed by atoms with E-state index in [1.807, 2.05) is 7.05 Å². The number of ether oxygens (including phenoxy) is 1. The van der Waals surface area contributed by atoms with Crippen LogP contribution in [0, 0.1) is 5.41 Å². The average Bonchev–Trinajstić information content (AvgIpc) is 3.26. The SMILES string of the molecule is CN=C(NCC1(N2CCCC2)CCOCC1)N1CCC2(CCC2)C1. The first-order valence-electron chi connectivity index (χ1n) is 10.0. The summed E-state index contributed by atoms with van der Waals surface area (Å²) < 4.78 is 5.67. The maximum Gasteiger partial charge on any atom is 0.193 e. The van der Waals surface area contributed by atoms with Gasteiger partial charge in [0.15, 0.2) is 5.96 Å². The second kappa shape index (κ2) is 6.83. The predicted molar refractivity (Wildman–Crippen MR) is 97.4 cm³/mol. The number of hydrogen-bond donors (Lipinski definition) is 1. The smallest absolute Gasteiger partial charge is 0.193 e. The van der Waals surface area contributed by atoms with Crippen LogP contribution in [0.15, 0.2) is 4.99 Å². The summed E-state index contributed by atoms with van der Waals surface area (Å²) in [5, 5.41) is 3.76. The highest BCUT2D eigenvalue weighted by atomic mass is 16.5. The molecular formula is C19H34N4O. The lowest BCUT2D eigenvalue weighted by Crippen LogP contribution is -2.59. The van der Waals surface area contributed by atoms with Gasteiger partial charge in [-0.05, 0) is 63.5 Å². The van der Waals surface area contributed by atoms with Crippen LogP contribution in [0.25, 0.3) is 0 Å². The van der Waals surface area contributed by atoms with Gasteiger partial charge in [0.2, 0.25) is 0 Å². The molecule has 1 N–H and O–H groups in total. The summed E-state index contributed by atoms with van der Waals surface area (Å²) >= 11 is 0. The minimum atomic E-state index is 0.276. The Morgan fingerprint density at radius 3 is 2.33 bits per heavy atom. The van der Waals surface area contributed by atoms with Gasteiger partial charge in [-0.25, -0.2) is 0 Å². The van der Waals surface area contributed by atoms with Crippen molar-refractivity contribution in [2.24, 2.45) is 10.4 Å². The molecule has 4 fully saturated rings. The van der Waals surface area contributed by atoms with Crippen LogP contribution >= 0.6 is 0 Å². The Morgan fingerprint density at radius 2 is 1.75 bits per heavy atom. The van der Waals surface area contributed by atoms with Gasteiger partial charge in [0.25, 0.3) is 0 Å². The molecule has 4 aliphatic rings. The lowest BCUT2D eigenvalue weighted by molar-refractivity contribution is -0.0166. The van der Waals surface area contributed by atoms with Gasteiger partial charge in [-0.15, -0.1) is 0 Å². The summed E-state index contributed by atoms with van der Waals surface area (Å²) in [7, 11) is 1.95. The van der Waals surface area contributed by atoms with E-state index in [1.54, 1.807) is 0 Å². The molecule has 3 saturated heterocycles. The zero-order chi connectivity index (χ0) is 16.5. The van der Waals surface area contributed by atoms with E-state index in [0.29, 0.717) is 5.41 Å². The van der Waals surface area contributed by atoms with Crippen molar-refractivity contribution in [1.29, 1.82) is 0 Å². The van der Waals surface area contributed by atoms with Gasteiger partial charge in [-0.1, -0.05) is 6.42 Å². The van der Waals surface area contributed by atoms with Crippen LogP contribution in [-0.2, 0) is 4.74 Å². The van der Waals surface area contributed by atoms with E-state index in [9.17, 15) is 0 Å². The maximum absolute atomic E-state index is 5.67. The lowest BCUT2D eigenvalue weighted by atomic mass is 9.68. The molecule has 3 aliphatic heterocycles. The fraction of sp³-hybridized carbons (Fsp3) is 0.947. The molecule has 0 aromatic rings. The van der Waals surface area contributed by atoms with E-state index < -0.39 is 0 Å². The van der Waals surface area contributed by atoms with Crippen LogP contribution in [0.3, 0.4) is 0 Å². The number of aliphatic imine (C=N–C) groups is 1. The highest BCUT2D eigenvalue weighted by Crippen LogP contribution is 2.47. The molecule has 1 aliphatic carbocycles. The zero-order valence-corrected chi connectivity index (χ0v) is 15.4. The van der Waals surface area contributed by atoms with Crippen molar-refractivity contribution in [3.05, 3.63) is 0 Å². The highest BCUT2D eigenvalue weighted by Gasteiger charge is 2.44. The highest BCUT2D eigenvalue weighted by molar-refractivity contribution is 5.80. The number of rotatable bonds is 3. The number of guanidine groups is 1. The molecule has 136 valence electrons. The van der Waals surface area contributed by atoms with Crippen LogP contribution in [0.5, 0.6) is 0 Å². The van der Waals surface area contributed by atoms with E-state index in [2.05, 4.69) is 20.1 Å². The summed E-state index contributed by atoms with van der Waals surface area (Å²) in [6.07, 6.45) is 10.7. The fourth-order valence-electron chi connectivity index (χ4n) is 5.32. The third kappa shape index (κ3) is 3.05. The Labute approximate surface area is 146 Å². The third-order valence-electron chi connectivity index (χ3n) is 7.14. The fourth-order valence-corrected chi connectivity index (χ4v) is 5.32. The summed E-state index contributed by atoms with van der Waals surface area (Å²) in [5.74, 6) is 1.13. The van der Waals surface area contributed by atoms with Crippen LogP contribution in [0.1, 0.15) is 51.4 Å². The average molecular weight is 335 g/mol. The number of nitrogens with zero attached hydrogens (tertiary/aromatic N) is 3. The summed E-state index contributed by atoms with van der Waals surface area (Å²) in [6.45, 7) is 7.74. The number of nitrogens with one attached hydrogen (secondary N) is 1. The number of likely N-dealkylation sites (tertiary alicyclic amines) is 2. The molecule has 0 amide bonds. The lowest BCUT2D eigenvalue weighted by Gasteiger charge is -2.45. The topological polar surface area (TPSA) is 40.1 Å². The molecule has 0 aromatic heterocycles. The molecular weight excluding hydrogens is 300 g/mol. The van der Waals surface area contributed by atoms with Gasteiger partial charge >= 0.3 is 0 Å². The molecule has 0 aromatic carbocycles. The number of hydrogen-bond acceptors (Lipinski definition) is 3. The zero-order valence-electron chi connectivity index (χ0n) is 15.4. The third-order valence-corrected chi connectivity index (χ3v) is 7.14. The van der Waals surface area contributed by atoms with E-state index in [-0.39, 0.29) is 5.54 Å². The molecule has 4 rings (SSSR count). The van der Waals surface area contributed by atoms with Crippen LogP contribution in [0.2, 0.25) is 0 Å². The van der Waals surface area contributed by atoms with Crippen molar-refractivity contribution < 1.29 is 4.74 Å². The van der Waals surface area contributed by atoms with Crippen molar-refractivity contribution in [3.8, 4) is 0 Å². The molecule has 24 heavy (non-hydrogen) atoms.